The minimum atomic E-state index is 0. The van der Waals surface area contributed by atoms with Crippen molar-refractivity contribution in [1.29, 1.82) is 0 Å². The molecule has 7 nitrogen and oxygen atoms in total. The fraction of sp³-hybridized carbons (Fsp3) is 0.522. The van der Waals surface area contributed by atoms with Gasteiger partial charge in [0.05, 0.1) is 18.8 Å². The molecule has 0 aliphatic carbocycles. The number of guanidine groups is 1. The van der Waals surface area contributed by atoms with Crippen LogP contribution in [0.25, 0.3) is 0 Å². The van der Waals surface area contributed by atoms with Crippen LogP contribution in [0, 0.1) is 0 Å². The summed E-state index contributed by atoms with van der Waals surface area (Å²) in [5.74, 6) is 1.98. The van der Waals surface area contributed by atoms with E-state index in [9.17, 15) is 4.79 Å². The van der Waals surface area contributed by atoms with E-state index in [0.29, 0.717) is 31.4 Å². The highest BCUT2D eigenvalue weighted by molar-refractivity contribution is 14.0. The van der Waals surface area contributed by atoms with Crippen molar-refractivity contribution < 1.29 is 9.32 Å². The Morgan fingerprint density at radius 2 is 1.90 bits per heavy atom. The summed E-state index contributed by atoms with van der Waals surface area (Å²) in [4.78, 5) is 16.5. The number of nitrogens with one attached hydrogen (secondary N) is 3. The maximum Gasteiger partial charge on any atom is 0.224 e. The lowest BCUT2D eigenvalue weighted by Crippen LogP contribution is -2.36. The SMILES string of the molecule is CCCC(=O)Nc1cccc(CN=C(NCC)NCc2cc(C(CC)CC)no2)c1.I. The molecule has 172 valence electrons. The summed E-state index contributed by atoms with van der Waals surface area (Å²) in [5.41, 5.74) is 2.84. The van der Waals surface area contributed by atoms with Gasteiger partial charge in [0, 0.05) is 30.6 Å². The Morgan fingerprint density at radius 1 is 1.13 bits per heavy atom. The van der Waals surface area contributed by atoms with Gasteiger partial charge in [0.1, 0.15) is 0 Å². The predicted octanol–water partition coefficient (Wildman–Crippen LogP) is 5.19. The molecule has 0 spiro atoms. The van der Waals surface area contributed by atoms with Crippen molar-refractivity contribution in [3.05, 3.63) is 47.3 Å². The van der Waals surface area contributed by atoms with E-state index in [2.05, 4.69) is 39.9 Å². The first-order valence-electron chi connectivity index (χ1n) is 11.0. The van der Waals surface area contributed by atoms with E-state index in [1.807, 2.05) is 44.2 Å². The first-order valence-corrected chi connectivity index (χ1v) is 11.0. The van der Waals surface area contributed by atoms with Crippen molar-refractivity contribution in [2.45, 2.75) is 72.4 Å². The number of rotatable bonds is 11. The van der Waals surface area contributed by atoms with Gasteiger partial charge in [0.25, 0.3) is 0 Å². The van der Waals surface area contributed by atoms with Crippen LogP contribution >= 0.6 is 24.0 Å². The van der Waals surface area contributed by atoms with E-state index in [-0.39, 0.29) is 29.9 Å². The summed E-state index contributed by atoms with van der Waals surface area (Å²) in [5, 5.41) is 13.7. The van der Waals surface area contributed by atoms with Crippen molar-refractivity contribution in [2.75, 3.05) is 11.9 Å². The first kappa shape index (κ1) is 26.9. The lowest BCUT2D eigenvalue weighted by Gasteiger charge is -2.10. The van der Waals surface area contributed by atoms with Gasteiger partial charge in [0.2, 0.25) is 5.91 Å². The van der Waals surface area contributed by atoms with Crippen LogP contribution in [-0.4, -0.2) is 23.6 Å². The van der Waals surface area contributed by atoms with Gasteiger partial charge in [-0.05, 0) is 43.9 Å². The number of nitrogens with zero attached hydrogens (tertiary/aromatic N) is 2. The summed E-state index contributed by atoms with van der Waals surface area (Å²) in [7, 11) is 0. The summed E-state index contributed by atoms with van der Waals surface area (Å²) >= 11 is 0. The molecule has 0 aliphatic heterocycles. The number of carbonyl (C=O) groups excluding carboxylic acids is 1. The molecule has 8 heteroatoms. The second-order valence-corrected chi connectivity index (χ2v) is 7.28. The van der Waals surface area contributed by atoms with Crippen molar-refractivity contribution in [3.63, 3.8) is 0 Å². The fourth-order valence-electron chi connectivity index (χ4n) is 3.19. The lowest BCUT2D eigenvalue weighted by molar-refractivity contribution is -0.116. The molecule has 3 N–H and O–H groups in total. The van der Waals surface area contributed by atoms with Gasteiger partial charge < -0.3 is 20.5 Å². The lowest BCUT2D eigenvalue weighted by atomic mass is 9.99. The highest BCUT2D eigenvalue weighted by Gasteiger charge is 2.13. The molecule has 31 heavy (non-hydrogen) atoms. The number of aromatic nitrogens is 1. The van der Waals surface area contributed by atoms with Gasteiger partial charge in [-0.25, -0.2) is 4.99 Å². The molecule has 0 fully saturated rings. The summed E-state index contributed by atoms with van der Waals surface area (Å²) in [6, 6.07) is 9.81. The number of aliphatic imine (C=N–C) groups is 1. The average molecular weight is 541 g/mol. The van der Waals surface area contributed by atoms with Gasteiger partial charge in [-0.1, -0.05) is 38.1 Å². The van der Waals surface area contributed by atoms with Crippen LogP contribution in [0.3, 0.4) is 0 Å². The Morgan fingerprint density at radius 3 is 2.58 bits per heavy atom. The minimum absolute atomic E-state index is 0. The molecule has 1 aromatic carbocycles. The molecule has 0 bridgehead atoms. The van der Waals surface area contributed by atoms with E-state index < -0.39 is 0 Å². The molecule has 0 unspecified atom stereocenters. The number of carbonyl (C=O) groups is 1. The zero-order valence-corrected chi connectivity index (χ0v) is 21.4. The molecule has 2 rings (SSSR count). The largest absolute Gasteiger partial charge is 0.359 e. The number of benzene rings is 1. The molecule has 0 aliphatic rings. The molecule has 0 atom stereocenters. The third-order valence-corrected chi connectivity index (χ3v) is 4.86. The van der Waals surface area contributed by atoms with Gasteiger partial charge in [0.15, 0.2) is 11.7 Å². The maximum atomic E-state index is 11.8. The predicted molar refractivity (Wildman–Crippen MR) is 137 cm³/mol. The van der Waals surface area contributed by atoms with Gasteiger partial charge in [-0.2, -0.15) is 0 Å². The minimum Gasteiger partial charge on any atom is -0.359 e. The molecule has 1 aromatic heterocycles. The normalized spacial score (nSPS) is 11.2. The van der Waals surface area contributed by atoms with E-state index in [0.717, 1.165) is 48.5 Å². The standard InChI is InChI=1S/C23H35N5O2.HI/c1-5-10-22(29)27-19-12-9-11-17(13-19)15-25-23(24-8-4)26-16-20-14-21(28-30-20)18(6-2)7-3;/h9,11-14,18H,5-8,10,15-16H2,1-4H3,(H,27,29)(H2,24,25,26);1H. The third-order valence-electron chi connectivity index (χ3n) is 4.86. The molecule has 1 amide bonds. The van der Waals surface area contributed by atoms with Crippen LogP contribution in [-0.2, 0) is 17.9 Å². The Kier molecular flexibility index (Phi) is 12.9. The smallest absolute Gasteiger partial charge is 0.224 e. The number of halogens is 1. The van der Waals surface area contributed by atoms with Crippen LogP contribution in [0.15, 0.2) is 39.8 Å². The Bertz CT molecular complexity index is 818. The molecule has 0 radical (unpaired) electrons. The van der Waals surface area contributed by atoms with Crippen molar-refractivity contribution in [2.24, 2.45) is 4.99 Å². The molecular weight excluding hydrogens is 505 g/mol. The summed E-state index contributed by atoms with van der Waals surface area (Å²) in [6.45, 7) is 10.1. The number of amides is 1. The van der Waals surface area contributed by atoms with E-state index in [1.54, 1.807) is 0 Å². The van der Waals surface area contributed by atoms with E-state index in [1.165, 1.54) is 0 Å². The zero-order chi connectivity index (χ0) is 21.8. The first-order chi connectivity index (χ1) is 14.6. The Labute approximate surface area is 202 Å². The Hall–Kier alpha value is -2.10. The zero-order valence-electron chi connectivity index (χ0n) is 19.0. The quantitative estimate of drug-likeness (QED) is 0.207. The van der Waals surface area contributed by atoms with Gasteiger partial charge in [-0.3, -0.25) is 4.79 Å². The van der Waals surface area contributed by atoms with Crippen LogP contribution in [0.5, 0.6) is 0 Å². The highest BCUT2D eigenvalue weighted by atomic mass is 127. The topological polar surface area (TPSA) is 91.5 Å². The second kappa shape index (κ2) is 14.8. The number of anilines is 1. The molecule has 0 saturated heterocycles. The molecule has 0 saturated carbocycles. The van der Waals surface area contributed by atoms with Crippen molar-refractivity contribution >= 4 is 41.5 Å². The molecule has 1 heterocycles. The summed E-state index contributed by atoms with van der Waals surface area (Å²) in [6.07, 6.45) is 3.46. The third kappa shape index (κ3) is 9.28. The molecule has 2 aromatic rings. The van der Waals surface area contributed by atoms with Crippen LogP contribution in [0.2, 0.25) is 0 Å². The second-order valence-electron chi connectivity index (χ2n) is 7.28. The highest BCUT2D eigenvalue weighted by Crippen LogP contribution is 2.22. The maximum absolute atomic E-state index is 11.8. The Balaban J connectivity index is 0.00000480. The van der Waals surface area contributed by atoms with Gasteiger partial charge >= 0.3 is 0 Å². The fourth-order valence-corrected chi connectivity index (χ4v) is 3.19. The monoisotopic (exact) mass is 541 g/mol. The van der Waals surface area contributed by atoms with Crippen LogP contribution in [0.1, 0.15) is 76.3 Å². The van der Waals surface area contributed by atoms with Crippen LogP contribution in [0.4, 0.5) is 5.69 Å². The van der Waals surface area contributed by atoms with E-state index >= 15 is 0 Å². The van der Waals surface area contributed by atoms with Crippen molar-refractivity contribution in [1.82, 2.24) is 15.8 Å². The number of hydrogen-bond donors (Lipinski definition) is 3. The van der Waals surface area contributed by atoms with E-state index in [4.69, 9.17) is 4.52 Å². The summed E-state index contributed by atoms with van der Waals surface area (Å²) < 4.78 is 5.48. The molecular formula is C23H36IN5O2. The number of hydrogen-bond acceptors (Lipinski definition) is 4. The average Bonchev–Trinajstić information content (AvgIpc) is 3.20. The van der Waals surface area contributed by atoms with Gasteiger partial charge in [-0.15, -0.1) is 24.0 Å². The van der Waals surface area contributed by atoms with Crippen LogP contribution < -0.4 is 16.0 Å². The van der Waals surface area contributed by atoms with Crippen molar-refractivity contribution in [3.8, 4) is 0 Å².